The molecule has 1 saturated heterocycles. The lowest BCUT2D eigenvalue weighted by molar-refractivity contribution is -0.0940. The number of rotatable bonds is 6. The van der Waals surface area contributed by atoms with Gasteiger partial charge in [0, 0.05) is 22.5 Å². The third-order valence-corrected chi connectivity index (χ3v) is 5.97. The summed E-state index contributed by atoms with van der Waals surface area (Å²) in [5.74, 6) is -1.13. The summed E-state index contributed by atoms with van der Waals surface area (Å²) in [6.07, 6.45) is -1.80. The first-order valence-corrected chi connectivity index (χ1v) is 10.5. The van der Waals surface area contributed by atoms with Crippen molar-refractivity contribution < 1.29 is 24.6 Å². The van der Waals surface area contributed by atoms with Crippen LogP contribution in [0.2, 0.25) is 15.1 Å². The molecule has 0 saturated carbocycles. The SMILES string of the molecule is C[C@@]1(CN(O)C(=O)c2ccccc2)CO[C@H](CNC(=O)c2c(Cl)cc(Cl)cc2Cl)[C@H]1O. The Labute approximate surface area is 194 Å². The highest BCUT2D eigenvalue weighted by Crippen LogP contribution is 2.34. The number of carbonyl (C=O) groups is 2. The van der Waals surface area contributed by atoms with Gasteiger partial charge >= 0.3 is 0 Å². The van der Waals surface area contributed by atoms with Gasteiger partial charge in [-0.05, 0) is 24.3 Å². The van der Waals surface area contributed by atoms with Gasteiger partial charge in [-0.2, -0.15) is 0 Å². The van der Waals surface area contributed by atoms with E-state index in [2.05, 4.69) is 5.32 Å². The van der Waals surface area contributed by atoms with Gasteiger partial charge in [-0.3, -0.25) is 14.8 Å². The molecule has 2 amide bonds. The molecule has 2 aromatic rings. The quantitative estimate of drug-likeness (QED) is 0.426. The van der Waals surface area contributed by atoms with E-state index in [1.54, 1.807) is 37.3 Å². The Kier molecular flexibility index (Phi) is 7.47. The molecular weight excluding hydrogens is 467 g/mol. The van der Waals surface area contributed by atoms with E-state index >= 15 is 0 Å². The standard InChI is InChI=1S/C21H21Cl3N2O5/c1-21(10-26(30)20(29)12-5-3-2-4-6-12)11-31-16(18(21)27)9-25-19(28)17-14(23)7-13(22)8-15(17)24/h2-8,16,18,27,30H,9-11H2,1H3,(H,25,28)/t16-,18-,21-/m1/s1. The van der Waals surface area contributed by atoms with Crippen molar-refractivity contribution in [2.45, 2.75) is 19.1 Å². The summed E-state index contributed by atoms with van der Waals surface area (Å²) in [6, 6.07) is 11.1. The van der Waals surface area contributed by atoms with Gasteiger partial charge in [0.2, 0.25) is 0 Å². The van der Waals surface area contributed by atoms with Crippen molar-refractivity contribution in [3.8, 4) is 0 Å². The molecule has 1 heterocycles. The summed E-state index contributed by atoms with van der Waals surface area (Å²) in [5, 5.41) is 24.7. The zero-order valence-electron chi connectivity index (χ0n) is 16.5. The molecule has 2 aromatic carbocycles. The number of nitrogens with zero attached hydrogens (tertiary/aromatic N) is 1. The Morgan fingerprint density at radius 2 is 1.81 bits per heavy atom. The van der Waals surface area contributed by atoms with Gasteiger partial charge in [0.25, 0.3) is 11.8 Å². The van der Waals surface area contributed by atoms with E-state index in [-0.39, 0.29) is 35.3 Å². The number of hydrogen-bond donors (Lipinski definition) is 3. The van der Waals surface area contributed by atoms with E-state index in [0.29, 0.717) is 15.6 Å². The van der Waals surface area contributed by atoms with Crippen molar-refractivity contribution in [3.63, 3.8) is 0 Å². The van der Waals surface area contributed by atoms with Gasteiger partial charge < -0.3 is 15.2 Å². The molecule has 0 unspecified atom stereocenters. The fourth-order valence-electron chi connectivity index (χ4n) is 3.42. The van der Waals surface area contributed by atoms with Gasteiger partial charge in [0.15, 0.2) is 0 Å². The van der Waals surface area contributed by atoms with Crippen LogP contribution in [0.5, 0.6) is 0 Å². The number of halogens is 3. The predicted octanol–water partition coefficient (Wildman–Crippen LogP) is 3.67. The average Bonchev–Trinajstić information content (AvgIpc) is 2.99. The van der Waals surface area contributed by atoms with E-state index < -0.39 is 29.4 Å². The van der Waals surface area contributed by atoms with Gasteiger partial charge in [0.05, 0.1) is 34.9 Å². The van der Waals surface area contributed by atoms with Crippen LogP contribution in [0.1, 0.15) is 27.6 Å². The van der Waals surface area contributed by atoms with Crippen molar-refractivity contribution in [3.05, 3.63) is 68.7 Å². The zero-order valence-corrected chi connectivity index (χ0v) is 18.8. The first kappa shape index (κ1) is 23.8. The first-order chi connectivity index (χ1) is 14.6. The molecule has 3 rings (SSSR count). The summed E-state index contributed by atoms with van der Waals surface area (Å²) >= 11 is 18.0. The maximum Gasteiger partial charge on any atom is 0.277 e. The molecule has 1 fully saturated rings. The van der Waals surface area contributed by atoms with Crippen molar-refractivity contribution in [1.29, 1.82) is 0 Å². The van der Waals surface area contributed by atoms with Gasteiger partial charge in [0.1, 0.15) is 6.10 Å². The molecule has 166 valence electrons. The summed E-state index contributed by atoms with van der Waals surface area (Å²) in [5.41, 5.74) is -0.551. The number of amides is 2. The molecule has 0 spiro atoms. The minimum absolute atomic E-state index is 0.0249. The van der Waals surface area contributed by atoms with Crippen LogP contribution in [0.25, 0.3) is 0 Å². The van der Waals surface area contributed by atoms with Crippen LogP contribution in [0.4, 0.5) is 0 Å². The van der Waals surface area contributed by atoms with Crippen molar-refractivity contribution >= 4 is 46.6 Å². The Morgan fingerprint density at radius 3 is 2.42 bits per heavy atom. The smallest absolute Gasteiger partial charge is 0.277 e. The van der Waals surface area contributed by atoms with E-state index in [9.17, 15) is 19.9 Å². The molecule has 0 aromatic heterocycles. The van der Waals surface area contributed by atoms with Crippen LogP contribution in [0.15, 0.2) is 42.5 Å². The number of hydroxylamine groups is 2. The van der Waals surface area contributed by atoms with Gasteiger partial charge in [-0.15, -0.1) is 0 Å². The molecule has 10 heteroatoms. The number of hydrogen-bond acceptors (Lipinski definition) is 5. The Bertz CT molecular complexity index is 952. The van der Waals surface area contributed by atoms with Crippen LogP contribution >= 0.6 is 34.8 Å². The van der Waals surface area contributed by atoms with Gasteiger partial charge in [-0.25, -0.2) is 5.06 Å². The second kappa shape index (κ2) is 9.73. The Hall–Kier alpha value is -1.87. The van der Waals surface area contributed by atoms with Crippen LogP contribution in [-0.4, -0.2) is 59.1 Å². The largest absolute Gasteiger partial charge is 0.390 e. The Balaban J connectivity index is 1.61. The minimum atomic E-state index is -1.05. The maximum absolute atomic E-state index is 12.5. The van der Waals surface area contributed by atoms with E-state index in [0.717, 1.165) is 0 Å². The van der Waals surface area contributed by atoms with Crippen LogP contribution in [0, 0.1) is 5.41 Å². The number of ether oxygens (including phenoxy) is 1. The fraction of sp³-hybridized carbons (Fsp3) is 0.333. The summed E-state index contributed by atoms with van der Waals surface area (Å²) < 4.78 is 5.63. The summed E-state index contributed by atoms with van der Waals surface area (Å²) in [6.45, 7) is 1.59. The minimum Gasteiger partial charge on any atom is -0.390 e. The monoisotopic (exact) mass is 486 g/mol. The summed E-state index contributed by atoms with van der Waals surface area (Å²) in [4.78, 5) is 24.9. The maximum atomic E-state index is 12.5. The molecule has 0 radical (unpaired) electrons. The molecule has 3 N–H and O–H groups in total. The van der Waals surface area contributed by atoms with E-state index in [4.69, 9.17) is 39.5 Å². The first-order valence-electron chi connectivity index (χ1n) is 9.40. The van der Waals surface area contributed by atoms with Crippen LogP contribution in [0.3, 0.4) is 0 Å². The highest BCUT2D eigenvalue weighted by atomic mass is 35.5. The van der Waals surface area contributed by atoms with Crippen molar-refractivity contribution in [2.75, 3.05) is 19.7 Å². The Morgan fingerprint density at radius 1 is 1.19 bits per heavy atom. The fourth-order valence-corrected chi connectivity index (χ4v) is 4.41. The van der Waals surface area contributed by atoms with Crippen LogP contribution < -0.4 is 5.32 Å². The lowest BCUT2D eigenvalue weighted by Crippen LogP contribution is -2.47. The molecule has 0 bridgehead atoms. The van der Waals surface area contributed by atoms with Crippen LogP contribution in [-0.2, 0) is 4.74 Å². The molecule has 1 aliphatic rings. The number of benzene rings is 2. The number of nitrogens with one attached hydrogen (secondary N) is 1. The number of carbonyl (C=O) groups excluding carboxylic acids is 2. The topological polar surface area (TPSA) is 99.1 Å². The lowest BCUT2D eigenvalue weighted by atomic mass is 9.84. The third kappa shape index (κ3) is 5.31. The molecule has 0 aliphatic carbocycles. The van der Waals surface area contributed by atoms with Crippen molar-refractivity contribution in [2.24, 2.45) is 5.41 Å². The highest BCUT2D eigenvalue weighted by Gasteiger charge is 2.47. The second-order valence-corrected chi connectivity index (χ2v) is 8.88. The molecule has 3 atom stereocenters. The number of aliphatic hydroxyl groups excluding tert-OH is 1. The average molecular weight is 488 g/mol. The normalized spacial score (nSPS) is 22.9. The highest BCUT2D eigenvalue weighted by molar-refractivity contribution is 6.42. The second-order valence-electron chi connectivity index (χ2n) is 7.63. The van der Waals surface area contributed by atoms with Crippen molar-refractivity contribution in [1.82, 2.24) is 10.4 Å². The number of aliphatic hydroxyl groups is 1. The molecule has 31 heavy (non-hydrogen) atoms. The predicted molar refractivity (Wildman–Crippen MR) is 117 cm³/mol. The lowest BCUT2D eigenvalue weighted by Gasteiger charge is -2.31. The van der Waals surface area contributed by atoms with Gasteiger partial charge in [-0.1, -0.05) is 59.9 Å². The molecular formula is C21H21Cl3N2O5. The third-order valence-electron chi connectivity index (χ3n) is 5.16. The molecule has 7 nitrogen and oxygen atoms in total. The van der Waals surface area contributed by atoms with E-state index in [1.807, 2.05) is 0 Å². The summed E-state index contributed by atoms with van der Waals surface area (Å²) in [7, 11) is 0. The molecule has 1 aliphatic heterocycles. The zero-order chi connectivity index (χ0) is 22.8. The van der Waals surface area contributed by atoms with E-state index in [1.165, 1.54) is 12.1 Å².